The van der Waals surface area contributed by atoms with Gasteiger partial charge in [0.2, 0.25) is 10.0 Å². The van der Waals surface area contributed by atoms with Gasteiger partial charge in [0.25, 0.3) is 5.91 Å². The van der Waals surface area contributed by atoms with Gasteiger partial charge in [-0.3, -0.25) is 4.79 Å². The van der Waals surface area contributed by atoms with Gasteiger partial charge >= 0.3 is 0 Å². The summed E-state index contributed by atoms with van der Waals surface area (Å²) in [6.45, 7) is 0.852. The van der Waals surface area contributed by atoms with Crippen LogP contribution in [0, 0.1) is 0 Å². The molecule has 0 aromatic heterocycles. The Morgan fingerprint density at radius 2 is 2.00 bits per heavy atom. The van der Waals surface area contributed by atoms with Crippen LogP contribution in [0.5, 0.6) is 5.75 Å². The van der Waals surface area contributed by atoms with Crippen LogP contribution >= 0.6 is 0 Å². The normalized spacial score (nSPS) is 17.2. The maximum absolute atomic E-state index is 12.4. The van der Waals surface area contributed by atoms with Crippen molar-refractivity contribution in [1.82, 2.24) is 4.72 Å². The number of amides is 1. The Balaban J connectivity index is 1.72. The number of phenols is 1. The molecule has 3 rings (SSSR count). The van der Waals surface area contributed by atoms with E-state index in [4.69, 9.17) is 4.74 Å². The molecule has 1 saturated heterocycles. The lowest BCUT2D eigenvalue weighted by Gasteiger charge is -2.12. The van der Waals surface area contributed by atoms with E-state index in [9.17, 15) is 18.3 Å². The summed E-state index contributed by atoms with van der Waals surface area (Å²) < 4.78 is 32.8. The van der Waals surface area contributed by atoms with Crippen molar-refractivity contribution in [2.24, 2.45) is 0 Å². The van der Waals surface area contributed by atoms with E-state index >= 15 is 0 Å². The molecule has 2 aromatic carbocycles. The number of phenolic OH excluding ortho intramolecular Hbond substituents is 1. The van der Waals surface area contributed by atoms with Crippen LogP contribution in [0.2, 0.25) is 0 Å². The van der Waals surface area contributed by atoms with Gasteiger partial charge in [0.1, 0.15) is 5.75 Å². The van der Waals surface area contributed by atoms with Crippen LogP contribution in [0.3, 0.4) is 0 Å². The van der Waals surface area contributed by atoms with Gasteiger partial charge in [0.15, 0.2) is 0 Å². The number of carbonyl (C=O) groups is 1. The summed E-state index contributed by atoms with van der Waals surface area (Å²) in [7, 11) is -3.74. The van der Waals surface area contributed by atoms with E-state index in [0.717, 1.165) is 12.8 Å². The number of para-hydroxylation sites is 2. The van der Waals surface area contributed by atoms with E-state index in [1.165, 1.54) is 30.3 Å². The quantitative estimate of drug-likeness (QED) is 0.670. The van der Waals surface area contributed by atoms with Crippen molar-refractivity contribution in [1.29, 1.82) is 0 Å². The number of rotatable bonds is 6. The Bertz CT molecular complexity index is 892. The molecule has 1 unspecified atom stereocenters. The topological polar surface area (TPSA) is 105 Å². The molecule has 1 heterocycles. The number of ether oxygens (including phenoxy) is 1. The lowest BCUT2D eigenvalue weighted by Crippen LogP contribution is -2.32. The molecule has 138 valence electrons. The van der Waals surface area contributed by atoms with Gasteiger partial charge in [-0.25, -0.2) is 13.1 Å². The molecule has 1 aliphatic rings. The molecule has 0 radical (unpaired) electrons. The average molecular weight is 376 g/mol. The molecule has 1 aliphatic heterocycles. The van der Waals surface area contributed by atoms with Crippen molar-refractivity contribution >= 4 is 21.6 Å². The Hall–Kier alpha value is -2.42. The molecule has 26 heavy (non-hydrogen) atoms. The van der Waals surface area contributed by atoms with Crippen molar-refractivity contribution in [2.75, 3.05) is 18.5 Å². The number of hydrogen-bond donors (Lipinski definition) is 3. The lowest BCUT2D eigenvalue weighted by molar-refractivity contribution is 0.102. The Morgan fingerprint density at radius 1 is 1.19 bits per heavy atom. The first kappa shape index (κ1) is 18.4. The van der Waals surface area contributed by atoms with Gasteiger partial charge < -0.3 is 15.2 Å². The molecular weight excluding hydrogens is 356 g/mol. The second kappa shape index (κ2) is 7.86. The highest BCUT2D eigenvalue weighted by molar-refractivity contribution is 7.89. The summed E-state index contributed by atoms with van der Waals surface area (Å²) in [4.78, 5) is 12.4. The number of hydrogen-bond acceptors (Lipinski definition) is 5. The van der Waals surface area contributed by atoms with E-state index in [2.05, 4.69) is 10.0 Å². The third-order valence-corrected chi connectivity index (χ3v) is 5.51. The summed E-state index contributed by atoms with van der Waals surface area (Å²) in [6, 6.07) is 12.0. The molecule has 1 fully saturated rings. The summed E-state index contributed by atoms with van der Waals surface area (Å²) in [6.07, 6.45) is 1.64. The minimum atomic E-state index is -3.74. The van der Waals surface area contributed by atoms with E-state index in [0.29, 0.717) is 6.61 Å². The zero-order valence-electron chi connectivity index (χ0n) is 14.0. The minimum absolute atomic E-state index is 0.000399. The number of anilines is 1. The molecule has 1 atom stereocenters. The van der Waals surface area contributed by atoms with E-state index in [1.807, 2.05) is 0 Å². The third kappa shape index (κ3) is 4.40. The number of benzene rings is 2. The third-order valence-electron chi connectivity index (χ3n) is 4.08. The van der Waals surface area contributed by atoms with Crippen LogP contribution in [-0.2, 0) is 14.8 Å². The minimum Gasteiger partial charge on any atom is -0.506 e. The molecule has 0 aliphatic carbocycles. The highest BCUT2D eigenvalue weighted by Crippen LogP contribution is 2.22. The SMILES string of the molecule is O=C(Nc1ccccc1O)c1cccc(S(=O)(=O)NCC2CCCO2)c1. The number of nitrogens with one attached hydrogen (secondary N) is 2. The van der Waals surface area contributed by atoms with Crippen molar-refractivity contribution in [3.05, 3.63) is 54.1 Å². The zero-order valence-corrected chi connectivity index (χ0v) is 14.8. The van der Waals surface area contributed by atoms with Gasteiger partial charge in [-0.2, -0.15) is 0 Å². The van der Waals surface area contributed by atoms with E-state index < -0.39 is 15.9 Å². The fraction of sp³-hybridized carbons (Fsp3) is 0.278. The Labute approximate surface area is 152 Å². The Morgan fingerprint density at radius 3 is 2.73 bits per heavy atom. The monoisotopic (exact) mass is 376 g/mol. The van der Waals surface area contributed by atoms with Crippen LogP contribution in [0.1, 0.15) is 23.2 Å². The second-order valence-electron chi connectivity index (χ2n) is 5.99. The van der Waals surface area contributed by atoms with Gasteiger partial charge in [0, 0.05) is 18.7 Å². The molecule has 3 N–H and O–H groups in total. The van der Waals surface area contributed by atoms with Crippen LogP contribution in [0.25, 0.3) is 0 Å². The first-order chi connectivity index (χ1) is 12.5. The highest BCUT2D eigenvalue weighted by Gasteiger charge is 2.21. The highest BCUT2D eigenvalue weighted by atomic mass is 32.2. The largest absolute Gasteiger partial charge is 0.506 e. The summed E-state index contributed by atoms with van der Waals surface area (Å²) >= 11 is 0. The maximum Gasteiger partial charge on any atom is 0.255 e. The zero-order chi connectivity index (χ0) is 18.6. The summed E-state index contributed by atoms with van der Waals surface area (Å²) in [5.41, 5.74) is 0.426. The van der Waals surface area contributed by atoms with Crippen LogP contribution in [-0.4, -0.2) is 38.7 Å². The molecule has 1 amide bonds. The van der Waals surface area contributed by atoms with E-state index in [1.54, 1.807) is 18.2 Å². The maximum atomic E-state index is 12.4. The molecule has 2 aromatic rings. The number of sulfonamides is 1. The van der Waals surface area contributed by atoms with Crippen LogP contribution < -0.4 is 10.0 Å². The predicted octanol–water partition coefficient (Wildman–Crippen LogP) is 2.10. The molecule has 0 bridgehead atoms. The van der Waals surface area contributed by atoms with Crippen molar-refractivity contribution in [3.8, 4) is 5.75 Å². The van der Waals surface area contributed by atoms with Crippen LogP contribution in [0.15, 0.2) is 53.4 Å². The van der Waals surface area contributed by atoms with Gasteiger partial charge in [-0.1, -0.05) is 18.2 Å². The Kier molecular flexibility index (Phi) is 5.55. The smallest absolute Gasteiger partial charge is 0.255 e. The standard InChI is InChI=1S/C18H20N2O5S/c21-17-9-2-1-8-16(17)20-18(22)13-5-3-7-15(11-13)26(23,24)19-12-14-6-4-10-25-14/h1-3,5,7-9,11,14,19,21H,4,6,10,12H2,(H,20,22). The fourth-order valence-electron chi connectivity index (χ4n) is 2.67. The molecule has 0 spiro atoms. The van der Waals surface area contributed by atoms with Gasteiger partial charge in [0.05, 0.1) is 16.7 Å². The summed E-state index contributed by atoms with van der Waals surface area (Å²) in [5, 5.41) is 12.3. The van der Waals surface area contributed by atoms with Gasteiger partial charge in [-0.15, -0.1) is 0 Å². The second-order valence-corrected chi connectivity index (χ2v) is 7.75. The average Bonchev–Trinajstić information content (AvgIpc) is 3.16. The van der Waals surface area contributed by atoms with Crippen molar-refractivity contribution < 1.29 is 23.1 Å². The fourth-order valence-corrected chi connectivity index (χ4v) is 3.78. The number of aromatic hydroxyl groups is 1. The molecule has 8 heteroatoms. The molecule has 7 nitrogen and oxygen atoms in total. The number of carbonyl (C=O) groups excluding carboxylic acids is 1. The molecule has 0 saturated carbocycles. The predicted molar refractivity (Wildman–Crippen MR) is 96.7 cm³/mol. The van der Waals surface area contributed by atoms with Crippen molar-refractivity contribution in [2.45, 2.75) is 23.8 Å². The lowest BCUT2D eigenvalue weighted by atomic mass is 10.2. The van der Waals surface area contributed by atoms with E-state index in [-0.39, 0.29) is 34.5 Å². The van der Waals surface area contributed by atoms with Crippen molar-refractivity contribution in [3.63, 3.8) is 0 Å². The summed E-state index contributed by atoms with van der Waals surface area (Å²) in [5.74, 6) is -0.578. The van der Waals surface area contributed by atoms with Crippen LogP contribution in [0.4, 0.5) is 5.69 Å². The first-order valence-corrected chi connectivity index (χ1v) is 9.75. The van der Waals surface area contributed by atoms with Gasteiger partial charge in [-0.05, 0) is 43.2 Å². The first-order valence-electron chi connectivity index (χ1n) is 8.26. The molecular formula is C18H20N2O5S.